The van der Waals surface area contributed by atoms with Gasteiger partial charge in [-0.3, -0.25) is 0 Å². The fourth-order valence-electron chi connectivity index (χ4n) is 1.81. The molecular formula is C15H17F2N3S. The molecule has 3 nitrogen and oxygen atoms in total. The van der Waals surface area contributed by atoms with Gasteiger partial charge in [0.25, 0.3) is 5.76 Å². The van der Waals surface area contributed by atoms with Gasteiger partial charge < -0.3 is 5.32 Å². The van der Waals surface area contributed by atoms with Crippen LogP contribution in [0.3, 0.4) is 0 Å². The maximum absolute atomic E-state index is 12.3. The number of hydrogen-bond acceptors (Lipinski definition) is 4. The van der Waals surface area contributed by atoms with Gasteiger partial charge in [0, 0.05) is 29.5 Å². The number of benzene rings is 1. The van der Waals surface area contributed by atoms with Crippen molar-refractivity contribution < 1.29 is 8.78 Å². The number of alkyl halides is 2. The molecule has 1 aromatic carbocycles. The summed E-state index contributed by atoms with van der Waals surface area (Å²) in [6.07, 6.45) is 0. The van der Waals surface area contributed by atoms with E-state index in [-0.39, 0.29) is 5.92 Å². The third-order valence-electron chi connectivity index (χ3n) is 2.89. The maximum atomic E-state index is 12.3. The van der Waals surface area contributed by atoms with E-state index < -0.39 is 5.76 Å². The van der Waals surface area contributed by atoms with Crippen LogP contribution in [-0.2, 0) is 0 Å². The summed E-state index contributed by atoms with van der Waals surface area (Å²) in [7, 11) is 1.80. The topological polar surface area (TPSA) is 37.8 Å². The van der Waals surface area contributed by atoms with E-state index in [1.54, 1.807) is 31.3 Å². The Hall–Kier alpha value is -1.69. The summed E-state index contributed by atoms with van der Waals surface area (Å²) < 4.78 is 24.6. The van der Waals surface area contributed by atoms with Crippen molar-refractivity contribution in [1.82, 2.24) is 9.97 Å². The molecule has 112 valence electrons. The predicted molar refractivity (Wildman–Crippen MR) is 83.0 cm³/mol. The molecule has 1 aromatic heterocycles. The predicted octanol–water partition coefficient (Wildman–Crippen LogP) is 4.62. The second kappa shape index (κ2) is 6.85. The Morgan fingerprint density at radius 1 is 1.10 bits per heavy atom. The van der Waals surface area contributed by atoms with Gasteiger partial charge in [0.1, 0.15) is 11.6 Å². The quantitative estimate of drug-likeness (QED) is 0.818. The highest BCUT2D eigenvalue weighted by Crippen LogP contribution is 2.28. The van der Waals surface area contributed by atoms with Crippen molar-refractivity contribution in [2.45, 2.75) is 30.4 Å². The van der Waals surface area contributed by atoms with Crippen LogP contribution in [-0.4, -0.2) is 22.8 Å². The smallest absolute Gasteiger partial charge is 0.288 e. The lowest BCUT2D eigenvalue weighted by Crippen LogP contribution is -2.03. The zero-order valence-corrected chi connectivity index (χ0v) is 12.9. The van der Waals surface area contributed by atoms with Crippen LogP contribution < -0.4 is 5.32 Å². The number of nitrogens with zero attached hydrogens (tertiary/aromatic N) is 2. The van der Waals surface area contributed by atoms with Crippen LogP contribution in [0.2, 0.25) is 0 Å². The second-order valence-electron chi connectivity index (χ2n) is 4.80. The number of rotatable bonds is 5. The highest BCUT2D eigenvalue weighted by molar-refractivity contribution is 7.99. The molecule has 0 amide bonds. The molecule has 0 atom stereocenters. The molecule has 0 spiro atoms. The van der Waals surface area contributed by atoms with Crippen LogP contribution >= 0.6 is 11.8 Å². The summed E-state index contributed by atoms with van der Waals surface area (Å²) in [6.45, 7) is 4.06. The van der Waals surface area contributed by atoms with E-state index in [1.165, 1.54) is 0 Å². The highest BCUT2D eigenvalue weighted by Gasteiger charge is 2.10. The second-order valence-corrected chi connectivity index (χ2v) is 5.87. The number of thioether (sulfide) groups is 1. The first-order valence-corrected chi connectivity index (χ1v) is 7.49. The van der Waals surface area contributed by atoms with Crippen molar-refractivity contribution in [2.75, 3.05) is 12.4 Å². The van der Waals surface area contributed by atoms with Crippen molar-refractivity contribution in [2.24, 2.45) is 0 Å². The molecule has 0 aliphatic carbocycles. The van der Waals surface area contributed by atoms with E-state index in [0.29, 0.717) is 16.7 Å². The van der Waals surface area contributed by atoms with Gasteiger partial charge in [-0.05, 0) is 12.1 Å². The Morgan fingerprint density at radius 2 is 1.76 bits per heavy atom. The molecule has 2 aromatic rings. The Balaban J connectivity index is 2.34. The summed E-state index contributed by atoms with van der Waals surface area (Å²) >= 11 is 0.540. The van der Waals surface area contributed by atoms with Crippen LogP contribution in [0.4, 0.5) is 14.6 Å². The van der Waals surface area contributed by atoms with E-state index in [1.807, 2.05) is 19.9 Å². The lowest BCUT2D eigenvalue weighted by atomic mass is 10.1. The number of aromatic nitrogens is 2. The van der Waals surface area contributed by atoms with Crippen LogP contribution in [0.15, 0.2) is 35.2 Å². The minimum Gasteiger partial charge on any atom is -0.373 e. The average Bonchev–Trinajstić information content (AvgIpc) is 2.46. The van der Waals surface area contributed by atoms with Gasteiger partial charge >= 0.3 is 0 Å². The number of nitrogens with one attached hydrogen (secondary N) is 1. The normalized spacial score (nSPS) is 11.2. The van der Waals surface area contributed by atoms with Gasteiger partial charge in [0.2, 0.25) is 0 Å². The molecule has 0 radical (unpaired) electrons. The van der Waals surface area contributed by atoms with Crippen LogP contribution in [0.25, 0.3) is 11.3 Å². The summed E-state index contributed by atoms with van der Waals surface area (Å²) in [4.78, 5) is 9.49. The zero-order chi connectivity index (χ0) is 15.4. The van der Waals surface area contributed by atoms with Crippen molar-refractivity contribution in [1.29, 1.82) is 0 Å². The number of anilines is 1. The summed E-state index contributed by atoms with van der Waals surface area (Å²) in [5.41, 5.74) is 1.67. The SMILES string of the molecule is CNc1cc(-c2ccc(SC(F)F)cc2)nc(C(C)C)n1. The third-order valence-corrected chi connectivity index (χ3v) is 3.61. The first-order chi connectivity index (χ1) is 9.99. The molecule has 0 fully saturated rings. The Bertz CT molecular complexity index is 600. The molecule has 0 unspecified atom stereocenters. The summed E-state index contributed by atoms with van der Waals surface area (Å²) in [5.74, 6) is -0.693. The Kier molecular flexibility index (Phi) is 5.12. The molecule has 0 aliphatic rings. The van der Waals surface area contributed by atoms with Crippen molar-refractivity contribution in [3.05, 3.63) is 36.2 Å². The molecule has 0 saturated carbocycles. The minimum absolute atomic E-state index is 0.214. The molecule has 0 bridgehead atoms. The fourth-order valence-corrected chi connectivity index (χ4v) is 2.31. The standard InChI is InChI=1S/C15H17F2N3S/c1-9(2)14-19-12(8-13(18-3)20-14)10-4-6-11(7-5-10)21-15(16)17/h4-9,15H,1-3H3,(H,18,19,20). The average molecular weight is 309 g/mol. The lowest BCUT2D eigenvalue weighted by Gasteiger charge is -2.10. The van der Waals surface area contributed by atoms with Crippen LogP contribution in [0.5, 0.6) is 0 Å². The van der Waals surface area contributed by atoms with E-state index in [4.69, 9.17) is 0 Å². The van der Waals surface area contributed by atoms with E-state index in [2.05, 4.69) is 15.3 Å². The highest BCUT2D eigenvalue weighted by atomic mass is 32.2. The van der Waals surface area contributed by atoms with Gasteiger partial charge in [-0.15, -0.1) is 0 Å². The van der Waals surface area contributed by atoms with E-state index >= 15 is 0 Å². The van der Waals surface area contributed by atoms with Gasteiger partial charge in [-0.1, -0.05) is 37.7 Å². The minimum atomic E-state index is -2.40. The maximum Gasteiger partial charge on any atom is 0.288 e. The summed E-state index contributed by atoms with van der Waals surface area (Å²) in [6, 6.07) is 8.82. The third kappa shape index (κ3) is 4.14. The molecule has 0 saturated heterocycles. The Morgan fingerprint density at radius 3 is 2.29 bits per heavy atom. The monoisotopic (exact) mass is 309 g/mol. The first kappa shape index (κ1) is 15.7. The van der Waals surface area contributed by atoms with Crippen molar-refractivity contribution in [3.8, 4) is 11.3 Å². The Labute approximate surface area is 127 Å². The van der Waals surface area contributed by atoms with Crippen molar-refractivity contribution in [3.63, 3.8) is 0 Å². The fraction of sp³-hybridized carbons (Fsp3) is 0.333. The number of hydrogen-bond donors (Lipinski definition) is 1. The lowest BCUT2D eigenvalue weighted by molar-refractivity contribution is 0.252. The van der Waals surface area contributed by atoms with Gasteiger partial charge in [-0.2, -0.15) is 8.78 Å². The van der Waals surface area contributed by atoms with Gasteiger partial charge in [-0.25, -0.2) is 9.97 Å². The molecule has 1 N–H and O–H groups in total. The zero-order valence-electron chi connectivity index (χ0n) is 12.1. The molecule has 1 heterocycles. The molecule has 2 rings (SSSR count). The summed E-state index contributed by atoms with van der Waals surface area (Å²) in [5, 5.41) is 3.02. The van der Waals surface area contributed by atoms with E-state index in [0.717, 1.165) is 22.9 Å². The first-order valence-electron chi connectivity index (χ1n) is 6.61. The van der Waals surface area contributed by atoms with Gasteiger partial charge in [0.05, 0.1) is 5.69 Å². The molecule has 21 heavy (non-hydrogen) atoms. The molecular weight excluding hydrogens is 292 g/mol. The molecule has 6 heteroatoms. The molecule has 0 aliphatic heterocycles. The van der Waals surface area contributed by atoms with Crippen LogP contribution in [0.1, 0.15) is 25.6 Å². The van der Waals surface area contributed by atoms with E-state index in [9.17, 15) is 8.78 Å². The number of halogens is 2. The largest absolute Gasteiger partial charge is 0.373 e. The van der Waals surface area contributed by atoms with Crippen molar-refractivity contribution >= 4 is 17.6 Å². The van der Waals surface area contributed by atoms with Gasteiger partial charge in [0.15, 0.2) is 0 Å². The van der Waals surface area contributed by atoms with Crippen LogP contribution in [0, 0.1) is 0 Å².